The normalized spacial score (nSPS) is 10.7. The third-order valence-electron chi connectivity index (χ3n) is 2.56. The van der Waals surface area contributed by atoms with Gasteiger partial charge >= 0.3 is 0 Å². The predicted molar refractivity (Wildman–Crippen MR) is 76.1 cm³/mol. The first kappa shape index (κ1) is 13.5. The Bertz CT molecular complexity index is 458. The highest BCUT2D eigenvalue weighted by molar-refractivity contribution is 7.09. The van der Waals surface area contributed by atoms with Crippen molar-refractivity contribution < 1.29 is 4.74 Å². The summed E-state index contributed by atoms with van der Waals surface area (Å²) < 4.78 is 5.60. The lowest BCUT2D eigenvalue weighted by atomic mass is 10.1. The molecule has 0 spiro atoms. The number of hydrogen-bond acceptors (Lipinski definition) is 3. The second-order valence-corrected chi connectivity index (χ2v) is 5.22. The van der Waals surface area contributed by atoms with E-state index in [1.54, 1.807) is 11.3 Å². The molecule has 2 rings (SSSR count). The molecule has 18 heavy (non-hydrogen) atoms. The summed E-state index contributed by atoms with van der Waals surface area (Å²) in [5.74, 6) is 0.477. The van der Waals surface area contributed by atoms with Gasteiger partial charge in [0.2, 0.25) is 0 Å². The third-order valence-corrected chi connectivity index (χ3v) is 3.70. The molecule has 4 heteroatoms. The highest BCUT2D eigenvalue weighted by Gasteiger charge is 2.00. The van der Waals surface area contributed by atoms with Crippen LogP contribution in [0.4, 0.5) is 0 Å². The Hall–Kier alpha value is -0.900. The van der Waals surface area contributed by atoms with Gasteiger partial charge in [0, 0.05) is 12.0 Å². The maximum Gasteiger partial charge on any atom is 0.119 e. The molecule has 2 nitrogen and oxygen atoms in total. The molecule has 0 aliphatic rings. The number of alkyl halides is 1. The third kappa shape index (κ3) is 4.41. The van der Waals surface area contributed by atoms with Gasteiger partial charge in [-0.15, -0.1) is 22.9 Å². The topological polar surface area (TPSA) is 22.1 Å². The van der Waals surface area contributed by atoms with E-state index in [0.29, 0.717) is 12.5 Å². The quantitative estimate of drug-likeness (QED) is 0.565. The van der Waals surface area contributed by atoms with Crippen molar-refractivity contribution in [2.24, 2.45) is 0 Å². The number of aromatic nitrogens is 1. The summed E-state index contributed by atoms with van der Waals surface area (Å²) in [6, 6.07) is 10.5. The van der Waals surface area contributed by atoms with Gasteiger partial charge in [-0.05, 0) is 18.4 Å². The number of nitrogens with zero attached hydrogens (tertiary/aromatic N) is 1. The minimum Gasteiger partial charge on any atom is -0.374 e. The number of rotatable bonds is 7. The van der Waals surface area contributed by atoms with E-state index in [2.05, 4.69) is 29.2 Å². The molecular formula is C14H16ClNOS. The summed E-state index contributed by atoms with van der Waals surface area (Å²) in [5, 5.41) is 2.99. The molecule has 1 aromatic heterocycles. The van der Waals surface area contributed by atoms with Gasteiger partial charge in [-0.2, -0.15) is 0 Å². The Kier molecular flexibility index (Phi) is 5.65. The molecule has 0 unspecified atom stereocenters. The summed E-state index contributed by atoms with van der Waals surface area (Å²) in [4.78, 5) is 4.35. The second kappa shape index (κ2) is 7.52. The monoisotopic (exact) mass is 281 g/mol. The Balaban J connectivity index is 1.61. The van der Waals surface area contributed by atoms with E-state index in [1.165, 1.54) is 5.56 Å². The van der Waals surface area contributed by atoms with Gasteiger partial charge in [0.15, 0.2) is 0 Å². The van der Waals surface area contributed by atoms with Gasteiger partial charge in [0.05, 0.1) is 18.2 Å². The first-order valence-electron chi connectivity index (χ1n) is 5.99. The van der Waals surface area contributed by atoms with Crippen LogP contribution in [0.15, 0.2) is 35.7 Å². The fraction of sp³-hybridized carbons (Fsp3) is 0.357. The standard InChI is InChI=1S/C14H16ClNOS/c15-9-13-11-18-14(16-13)10-17-8-4-7-12-5-2-1-3-6-12/h1-3,5-6,11H,4,7-10H2. The molecule has 0 N–H and O–H groups in total. The summed E-state index contributed by atoms with van der Waals surface area (Å²) in [6.07, 6.45) is 2.10. The van der Waals surface area contributed by atoms with Crippen molar-refractivity contribution in [1.29, 1.82) is 0 Å². The molecule has 1 aromatic carbocycles. The van der Waals surface area contributed by atoms with Crippen LogP contribution in [-0.4, -0.2) is 11.6 Å². The summed E-state index contributed by atoms with van der Waals surface area (Å²) in [7, 11) is 0. The summed E-state index contributed by atoms with van der Waals surface area (Å²) in [5.41, 5.74) is 2.30. The van der Waals surface area contributed by atoms with E-state index in [0.717, 1.165) is 30.2 Å². The van der Waals surface area contributed by atoms with Crippen LogP contribution in [0, 0.1) is 0 Å². The molecule has 0 fully saturated rings. The zero-order valence-electron chi connectivity index (χ0n) is 10.1. The Morgan fingerprint density at radius 3 is 2.78 bits per heavy atom. The Morgan fingerprint density at radius 2 is 2.06 bits per heavy atom. The van der Waals surface area contributed by atoms with Crippen molar-refractivity contribution in [3.63, 3.8) is 0 Å². The van der Waals surface area contributed by atoms with Crippen LogP contribution in [0.5, 0.6) is 0 Å². The number of halogens is 1. The summed E-state index contributed by atoms with van der Waals surface area (Å²) >= 11 is 7.30. The zero-order chi connectivity index (χ0) is 12.6. The van der Waals surface area contributed by atoms with Crippen molar-refractivity contribution in [2.75, 3.05) is 6.61 Å². The smallest absolute Gasteiger partial charge is 0.119 e. The highest BCUT2D eigenvalue weighted by Crippen LogP contribution is 2.12. The van der Waals surface area contributed by atoms with E-state index >= 15 is 0 Å². The minimum atomic E-state index is 0.477. The van der Waals surface area contributed by atoms with E-state index in [1.807, 2.05) is 11.4 Å². The zero-order valence-corrected chi connectivity index (χ0v) is 11.7. The molecular weight excluding hydrogens is 266 g/mol. The lowest BCUT2D eigenvalue weighted by Crippen LogP contribution is -1.97. The average molecular weight is 282 g/mol. The fourth-order valence-corrected chi connectivity index (χ4v) is 2.62. The molecule has 0 aliphatic heterocycles. The average Bonchev–Trinajstić information content (AvgIpc) is 2.87. The molecule has 2 aromatic rings. The van der Waals surface area contributed by atoms with Crippen molar-refractivity contribution >= 4 is 22.9 Å². The Labute approximate surface area is 117 Å². The van der Waals surface area contributed by atoms with Crippen molar-refractivity contribution in [2.45, 2.75) is 25.3 Å². The SMILES string of the molecule is ClCc1csc(COCCCc2ccccc2)n1. The van der Waals surface area contributed by atoms with E-state index in [9.17, 15) is 0 Å². The van der Waals surface area contributed by atoms with Gasteiger partial charge in [-0.3, -0.25) is 0 Å². The highest BCUT2D eigenvalue weighted by atomic mass is 35.5. The maximum atomic E-state index is 5.70. The number of ether oxygens (including phenoxy) is 1. The van der Waals surface area contributed by atoms with Crippen LogP contribution in [0.1, 0.15) is 22.7 Å². The first-order chi connectivity index (χ1) is 8.88. The van der Waals surface area contributed by atoms with Gasteiger partial charge in [-0.25, -0.2) is 4.98 Å². The van der Waals surface area contributed by atoms with Gasteiger partial charge in [0.1, 0.15) is 5.01 Å². The van der Waals surface area contributed by atoms with Crippen LogP contribution >= 0.6 is 22.9 Å². The minimum absolute atomic E-state index is 0.477. The van der Waals surface area contributed by atoms with E-state index in [-0.39, 0.29) is 0 Å². The van der Waals surface area contributed by atoms with E-state index in [4.69, 9.17) is 16.3 Å². The molecule has 0 saturated carbocycles. The van der Waals surface area contributed by atoms with Crippen molar-refractivity contribution in [3.05, 3.63) is 52.0 Å². The summed E-state index contributed by atoms with van der Waals surface area (Å²) in [6.45, 7) is 1.36. The van der Waals surface area contributed by atoms with Crippen LogP contribution < -0.4 is 0 Å². The van der Waals surface area contributed by atoms with Gasteiger partial charge in [0.25, 0.3) is 0 Å². The van der Waals surface area contributed by atoms with Gasteiger partial charge < -0.3 is 4.74 Å². The molecule has 1 heterocycles. The number of benzene rings is 1. The van der Waals surface area contributed by atoms with Crippen molar-refractivity contribution in [1.82, 2.24) is 4.98 Å². The lowest BCUT2D eigenvalue weighted by molar-refractivity contribution is 0.118. The second-order valence-electron chi connectivity index (χ2n) is 4.01. The fourth-order valence-electron chi connectivity index (χ4n) is 1.66. The van der Waals surface area contributed by atoms with Gasteiger partial charge in [-0.1, -0.05) is 30.3 Å². The molecule has 0 radical (unpaired) electrons. The number of hydrogen-bond donors (Lipinski definition) is 0. The molecule has 0 aliphatic carbocycles. The molecule has 96 valence electrons. The number of aryl methyl sites for hydroxylation is 1. The lowest BCUT2D eigenvalue weighted by Gasteiger charge is -2.02. The Morgan fingerprint density at radius 1 is 1.22 bits per heavy atom. The number of thiazole rings is 1. The van der Waals surface area contributed by atoms with Crippen LogP contribution in [0.2, 0.25) is 0 Å². The molecule has 0 amide bonds. The molecule has 0 saturated heterocycles. The predicted octanol–water partition coefficient (Wildman–Crippen LogP) is 4.03. The molecule has 0 atom stereocenters. The molecule has 0 bridgehead atoms. The first-order valence-corrected chi connectivity index (χ1v) is 7.41. The largest absolute Gasteiger partial charge is 0.374 e. The van der Waals surface area contributed by atoms with Crippen LogP contribution in [0.3, 0.4) is 0 Å². The van der Waals surface area contributed by atoms with Crippen molar-refractivity contribution in [3.8, 4) is 0 Å². The maximum absolute atomic E-state index is 5.70. The van der Waals surface area contributed by atoms with E-state index < -0.39 is 0 Å². The van der Waals surface area contributed by atoms with Crippen LogP contribution in [0.25, 0.3) is 0 Å². The van der Waals surface area contributed by atoms with Crippen LogP contribution in [-0.2, 0) is 23.6 Å².